The molecule has 154 valence electrons. The van der Waals surface area contributed by atoms with Gasteiger partial charge in [0.25, 0.3) is 11.5 Å². The molecule has 2 aromatic carbocycles. The molecule has 0 atom stereocenters. The lowest BCUT2D eigenvalue weighted by molar-refractivity contribution is -0.147. The number of ether oxygens (including phenoxy) is 1. The highest BCUT2D eigenvalue weighted by Crippen LogP contribution is 2.26. The first-order valence-corrected chi connectivity index (χ1v) is 10.1. The van der Waals surface area contributed by atoms with Crippen LogP contribution in [0.2, 0.25) is 0 Å². The number of amides is 1. The van der Waals surface area contributed by atoms with Gasteiger partial charge in [-0.05, 0) is 43.0 Å². The lowest BCUT2D eigenvalue weighted by Crippen LogP contribution is -2.38. The molecule has 1 aliphatic heterocycles. The molecule has 0 fully saturated rings. The van der Waals surface area contributed by atoms with E-state index in [1.807, 2.05) is 30.3 Å². The van der Waals surface area contributed by atoms with E-state index < -0.39 is 5.97 Å². The van der Waals surface area contributed by atoms with Gasteiger partial charge in [0.15, 0.2) is 6.61 Å². The van der Waals surface area contributed by atoms with Gasteiger partial charge in [-0.15, -0.1) is 0 Å². The van der Waals surface area contributed by atoms with Crippen molar-refractivity contribution in [3.05, 3.63) is 70.3 Å². The minimum atomic E-state index is -0.434. The average molecular weight is 405 g/mol. The minimum Gasteiger partial charge on any atom is -0.456 e. The van der Waals surface area contributed by atoms with Crippen LogP contribution in [0.15, 0.2) is 53.3 Å². The van der Waals surface area contributed by atoms with Crippen molar-refractivity contribution in [1.82, 2.24) is 9.97 Å². The summed E-state index contributed by atoms with van der Waals surface area (Å²) in [5.74, 6) is -0.111. The fourth-order valence-corrected chi connectivity index (χ4v) is 3.74. The number of nitrogens with one attached hydrogen (secondary N) is 1. The molecular formula is C23H23N3O4. The predicted molar refractivity (Wildman–Crippen MR) is 113 cm³/mol. The molecule has 0 bridgehead atoms. The largest absolute Gasteiger partial charge is 0.456 e. The Hall–Kier alpha value is -3.48. The number of hydrogen-bond donors (Lipinski definition) is 1. The molecule has 0 saturated heterocycles. The zero-order chi connectivity index (χ0) is 20.9. The molecule has 0 aliphatic carbocycles. The molecule has 1 N–H and O–H groups in total. The maximum atomic E-state index is 12.5. The van der Waals surface area contributed by atoms with E-state index in [0.717, 1.165) is 24.1 Å². The average Bonchev–Trinajstić information content (AvgIpc) is 2.77. The van der Waals surface area contributed by atoms with Gasteiger partial charge in [-0.1, -0.05) is 30.3 Å². The molecular weight excluding hydrogens is 382 g/mol. The Kier molecular flexibility index (Phi) is 5.88. The molecule has 1 aromatic heterocycles. The Morgan fingerprint density at radius 3 is 2.80 bits per heavy atom. The number of anilines is 1. The van der Waals surface area contributed by atoms with Crippen LogP contribution in [0, 0.1) is 0 Å². The van der Waals surface area contributed by atoms with Crippen LogP contribution in [-0.2, 0) is 27.2 Å². The Balaban J connectivity index is 1.27. The maximum absolute atomic E-state index is 12.5. The van der Waals surface area contributed by atoms with Gasteiger partial charge in [-0.25, -0.2) is 4.98 Å². The Bertz CT molecular complexity index is 1140. The van der Waals surface area contributed by atoms with Crippen LogP contribution in [-0.4, -0.2) is 35.0 Å². The first kappa shape index (κ1) is 19.8. The van der Waals surface area contributed by atoms with Crippen molar-refractivity contribution in [2.45, 2.75) is 32.1 Å². The van der Waals surface area contributed by atoms with E-state index in [1.54, 1.807) is 23.1 Å². The van der Waals surface area contributed by atoms with Gasteiger partial charge in [-0.2, -0.15) is 0 Å². The summed E-state index contributed by atoms with van der Waals surface area (Å²) in [5.41, 5.74) is 2.48. The summed E-state index contributed by atoms with van der Waals surface area (Å²) in [6.07, 6.45) is 2.92. The van der Waals surface area contributed by atoms with Crippen molar-refractivity contribution in [3.8, 4) is 0 Å². The molecule has 1 amide bonds. The van der Waals surface area contributed by atoms with Crippen molar-refractivity contribution >= 4 is 28.5 Å². The summed E-state index contributed by atoms with van der Waals surface area (Å²) in [4.78, 5) is 45.5. The Labute approximate surface area is 173 Å². The van der Waals surface area contributed by atoms with Crippen LogP contribution in [0.3, 0.4) is 0 Å². The van der Waals surface area contributed by atoms with Crippen LogP contribution in [0.4, 0.5) is 5.69 Å². The standard InChI is InChI=1S/C23H23N3O4/c27-21(26-14-6-8-16-7-1-4-11-19(16)26)15-30-22(28)13-5-12-20-24-18-10-3-2-9-17(18)23(29)25-20/h1-4,7,9-11H,5-6,8,12-15H2,(H,24,25,29). The summed E-state index contributed by atoms with van der Waals surface area (Å²) < 4.78 is 5.18. The maximum Gasteiger partial charge on any atom is 0.306 e. The van der Waals surface area contributed by atoms with Gasteiger partial charge in [0.05, 0.1) is 10.9 Å². The molecule has 7 heteroatoms. The van der Waals surface area contributed by atoms with Crippen LogP contribution in [0.25, 0.3) is 10.9 Å². The monoisotopic (exact) mass is 405 g/mol. The Morgan fingerprint density at radius 1 is 1.10 bits per heavy atom. The molecule has 4 rings (SSSR count). The Morgan fingerprint density at radius 2 is 1.90 bits per heavy atom. The van der Waals surface area contributed by atoms with Gasteiger partial charge in [0.2, 0.25) is 0 Å². The van der Waals surface area contributed by atoms with Crippen molar-refractivity contribution in [3.63, 3.8) is 0 Å². The first-order valence-electron chi connectivity index (χ1n) is 10.1. The highest BCUT2D eigenvalue weighted by molar-refractivity contribution is 5.96. The third-order valence-corrected chi connectivity index (χ3v) is 5.22. The van der Waals surface area contributed by atoms with Crippen molar-refractivity contribution in [1.29, 1.82) is 0 Å². The van der Waals surface area contributed by atoms with E-state index in [1.165, 1.54) is 0 Å². The zero-order valence-electron chi connectivity index (χ0n) is 16.6. The van der Waals surface area contributed by atoms with E-state index in [4.69, 9.17) is 4.74 Å². The molecule has 0 saturated carbocycles. The SMILES string of the molecule is O=C(CCCc1nc2ccccc2c(=O)[nH]1)OCC(=O)N1CCCc2ccccc21. The third-order valence-electron chi connectivity index (χ3n) is 5.22. The minimum absolute atomic E-state index is 0.153. The summed E-state index contributed by atoms with van der Waals surface area (Å²) in [7, 11) is 0. The van der Waals surface area contributed by atoms with E-state index in [0.29, 0.717) is 36.1 Å². The second-order valence-electron chi connectivity index (χ2n) is 7.32. The fraction of sp³-hybridized carbons (Fsp3) is 0.304. The summed E-state index contributed by atoms with van der Waals surface area (Å²) in [6, 6.07) is 14.9. The number of aromatic nitrogens is 2. The van der Waals surface area contributed by atoms with E-state index >= 15 is 0 Å². The number of carbonyl (C=O) groups excluding carboxylic acids is 2. The molecule has 0 unspecified atom stereocenters. The highest BCUT2D eigenvalue weighted by Gasteiger charge is 2.22. The number of esters is 1. The number of aryl methyl sites for hydroxylation is 2. The fourth-order valence-electron chi connectivity index (χ4n) is 3.74. The molecule has 2 heterocycles. The molecule has 30 heavy (non-hydrogen) atoms. The molecule has 0 spiro atoms. The number of benzene rings is 2. The van der Waals surface area contributed by atoms with Crippen LogP contribution in [0.1, 0.15) is 30.7 Å². The summed E-state index contributed by atoms with van der Waals surface area (Å²) >= 11 is 0. The number of carbonyl (C=O) groups is 2. The number of nitrogens with zero attached hydrogens (tertiary/aromatic N) is 2. The molecule has 0 radical (unpaired) electrons. The smallest absolute Gasteiger partial charge is 0.306 e. The summed E-state index contributed by atoms with van der Waals surface area (Å²) in [5, 5.41) is 0.540. The second kappa shape index (κ2) is 8.90. The first-order chi connectivity index (χ1) is 14.6. The quantitative estimate of drug-likeness (QED) is 0.637. The van der Waals surface area contributed by atoms with Crippen LogP contribution in [0.5, 0.6) is 0 Å². The van der Waals surface area contributed by atoms with Crippen molar-refractivity contribution in [2.75, 3.05) is 18.1 Å². The van der Waals surface area contributed by atoms with Crippen LogP contribution < -0.4 is 10.5 Å². The van der Waals surface area contributed by atoms with Gasteiger partial charge in [-0.3, -0.25) is 14.4 Å². The number of hydrogen-bond acceptors (Lipinski definition) is 5. The molecule has 7 nitrogen and oxygen atoms in total. The lowest BCUT2D eigenvalue weighted by Gasteiger charge is -2.29. The number of aromatic amines is 1. The number of rotatable bonds is 6. The molecule has 1 aliphatic rings. The van der Waals surface area contributed by atoms with Crippen LogP contribution >= 0.6 is 0 Å². The normalized spacial score (nSPS) is 13.1. The highest BCUT2D eigenvalue weighted by atomic mass is 16.5. The van der Waals surface area contributed by atoms with E-state index in [9.17, 15) is 14.4 Å². The third kappa shape index (κ3) is 4.40. The van der Waals surface area contributed by atoms with E-state index in [2.05, 4.69) is 9.97 Å². The topological polar surface area (TPSA) is 92.4 Å². The van der Waals surface area contributed by atoms with Crippen molar-refractivity contribution in [2.24, 2.45) is 0 Å². The molecule has 3 aromatic rings. The number of H-pyrrole nitrogens is 1. The summed E-state index contributed by atoms with van der Waals surface area (Å²) in [6.45, 7) is 0.368. The van der Waals surface area contributed by atoms with Gasteiger partial charge in [0.1, 0.15) is 5.82 Å². The number of fused-ring (bicyclic) bond motifs is 2. The second-order valence-corrected chi connectivity index (χ2v) is 7.32. The van der Waals surface area contributed by atoms with Gasteiger partial charge in [0, 0.05) is 25.1 Å². The van der Waals surface area contributed by atoms with E-state index in [-0.39, 0.29) is 24.5 Å². The van der Waals surface area contributed by atoms with Gasteiger partial charge >= 0.3 is 5.97 Å². The number of para-hydroxylation sites is 2. The lowest BCUT2D eigenvalue weighted by atomic mass is 10.0. The predicted octanol–water partition coefficient (Wildman–Crippen LogP) is 2.77. The van der Waals surface area contributed by atoms with Crippen molar-refractivity contribution < 1.29 is 14.3 Å². The van der Waals surface area contributed by atoms with Gasteiger partial charge < -0.3 is 14.6 Å². The zero-order valence-corrected chi connectivity index (χ0v) is 16.6.